The van der Waals surface area contributed by atoms with E-state index >= 15 is 0 Å². The molecule has 1 amide bonds. The molecule has 28 heavy (non-hydrogen) atoms. The summed E-state index contributed by atoms with van der Waals surface area (Å²) in [4.78, 5) is 28.1. The molecule has 5 rings (SSSR count). The molecule has 8 heteroatoms. The van der Waals surface area contributed by atoms with Gasteiger partial charge in [-0.25, -0.2) is 9.97 Å². The summed E-state index contributed by atoms with van der Waals surface area (Å²) in [5.41, 5.74) is 3.19. The highest BCUT2D eigenvalue weighted by molar-refractivity contribution is 5.96. The normalized spacial score (nSPS) is 17.3. The highest BCUT2D eigenvalue weighted by atomic mass is 16.2. The summed E-state index contributed by atoms with van der Waals surface area (Å²) in [6.07, 6.45) is 4.37. The molecule has 144 valence electrons. The average molecular weight is 377 g/mol. The summed E-state index contributed by atoms with van der Waals surface area (Å²) in [6.45, 7) is 4.61. The van der Waals surface area contributed by atoms with Crippen molar-refractivity contribution >= 4 is 28.4 Å². The van der Waals surface area contributed by atoms with Crippen molar-refractivity contribution in [2.24, 2.45) is 7.05 Å². The lowest BCUT2D eigenvalue weighted by Gasteiger charge is -2.35. The number of para-hydroxylation sites is 1. The standard InChI is InChI=1S/C20H23N7O/c1-24-19-16(12-23-24)20(22-14-21-19)26-10-8-25(9-11-26)13-18(28)27-7-6-15-4-2-3-5-17(15)27/h2-5,12,14H,6-11,13H2,1H3. The quantitative estimate of drug-likeness (QED) is 0.680. The number of rotatable bonds is 3. The SMILES string of the molecule is Cn1ncc2c(N3CCN(CC(=O)N4CCc5ccccc54)CC3)ncnc21. The van der Waals surface area contributed by atoms with Gasteiger partial charge in [0.25, 0.3) is 0 Å². The molecule has 3 aromatic rings. The van der Waals surface area contributed by atoms with Gasteiger partial charge >= 0.3 is 0 Å². The van der Waals surface area contributed by atoms with Crippen LogP contribution in [0.3, 0.4) is 0 Å². The van der Waals surface area contributed by atoms with E-state index in [9.17, 15) is 4.79 Å². The predicted octanol–water partition coefficient (Wildman–Crippen LogP) is 1.07. The number of carbonyl (C=O) groups excluding carboxylic acids is 1. The number of fused-ring (bicyclic) bond motifs is 2. The Morgan fingerprint density at radius 1 is 1.07 bits per heavy atom. The van der Waals surface area contributed by atoms with Gasteiger partial charge < -0.3 is 9.80 Å². The summed E-state index contributed by atoms with van der Waals surface area (Å²) in [7, 11) is 1.89. The topological polar surface area (TPSA) is 70.4 Å². The van der Waals surface area contributed by atoms with Crippen LogP contribution in [0.15, 0.2) is 36.8 Å². The Labute approximate surface area is 163 Å². The van der Waals surface area contributed by atoms with Crippen LogP contribution in [0.2, 0.25) is 0 Å². The first-order valence-electron chi connectivity index (χ1n) is 9.69. The van der Waals surface area contributed by atoms with Crippen molar-refractivity contribution in [3.05, 3.63) is 42.4 Å². The number of benzene rings is 1. The Morgan fingerprint density at radius 3 is 2.75 bits per heavy atom. The van der Waals surface area contributed by atoms with Crippen LogP contribution in [0, 0.1) is 0 Å². The van der Waals surface area contributed by atoms with Crippen molar-refractivity contribution in [2.75, 3.05) is 49.1 Å². The summed E-state index contributed by atoms with van der Waals surface area (Å²) < 4.78 is 1.77. The smallest absolute Gasteiger partial charge is 0.241 e. The van der Waals surface area contributed by atoms with Crippen LogP contribution in [0.25, 0.3) is 11.0 Å². The van der Waals surface area contributed by atoms with Crippen molar-refractivity contribution in [2.45, 2.75) is 6.42 Å². The number of aromatic nitrogens is 4. The molecule has 2 aromatic heterocycles. The first-order valence-corrected chi connectivity index (χ1v) is 9.69. The van der Waals surface area contributed by atoms with Gasteiger partial charge in [0.1, 0.15) is 12.1 Å². The molecular weight excluding hydrogens is 354 g/mol. The number of hydrogen-bond acceptors (Lipinski definition) is 6. The van der Waals surface area contributed by atoms with Crippen molar-refractivity contribution in [1.29, 1.82) is 0 Å². The average Bonchev–Trinajstić information content (AvgIpc) is 3.33. The molecule has 0 saturated carbocycles. The van der Waals surface area contributed by atoms with E-state index in [4.69, 9.17) is 0 Å². The van der Waals surface area contributed by atoms with Gasteiger partial charge in [-0.3, -0.25) is 14.4 Å². The van der Waals surface area contributed by atoms with Gasteiger partial charge in [0.2, 0.25) is 5.91 Å². The molecule has 0 aliphatic carbocycles. The number of carbonyl (C=O) groups is 1. The number of anilines is 2. The van der Waals surface area contributed by atoms with Crippen LogP contribution in [0.1, 0.15) is 5.56 Å². The van der Waals surface area contributed by atoms with E-state index in [0.717, 1.165) is 61.7 Å². The lowest BCUT2D eigenvalue weighted by molar-refractivity contribution is -0.119. The van der Waals surface area contributed by atoms with Crippen LogP contribution in [-0.4, -0.2) is 69.8 Å². The van der Waals surface area contributed by atoms with Gasteiger partial charge in [-0.1, -0.05) is 18.2 Å². The van der Waals surface area contributed by atoms with Crippen LogP contribution in [0.5, 0.6) is 0 Å². The van der Waals surface area contributed by atoms with E-state index in [2.05, 4.69) is 30.9 Å². The van der Waals surface area contributed by atoms with Gasteiger partial charge in [0.15, 0.2) is 5.65 Å². The third kappa shape index (κ3) is 2.90. The van der Waals surface area contributed by atoms with Gasteiger partial charge in [-0.2, -0.15) is 5.10 Å². The van der Waals surface area contributed by atoms with Gasteiger partial charge in [0.05, 0.1) is 18.1 Å². The monoisotopic (exact) mass is 377 g/mol. The maximum atomic E-state index is 12.8. The van der Waals surface area contributed by atoms with Crippen LogP contribution >= 0.6 is 0 Å². The number of piperazine rings is 1. The van der Waals surface area contributed by atoms with Crippen LogP contribution < -0.4 is 9.80 Å². The fraction of sp³-hybridized carbons (Fsp3) is 0.400. The maximum Gasteiger partial charge on any atom is 0.241 e. The Bertz CT molecular complexity index is 1020. The molecule has 1 fully saturated rings. The second kappa shape index (κ2) is 6.87. The Kier molecular flexibility index (Phi) is 4.20. The first-order chi connectivity index (χ1) is 13.7. The van der Waals surface area contributed by atoms with Crippen molar-refractivity contribution in [3.63, 3.8) is 0 Å². The molecule has 2 aliphatic heterocycles. The Hall–Kier alpha value is -3.00. The van der Waals surface area contributed by atoms with Gasteiger partial charge in [-0.15, -0.1) is 0 Å². The molecule has 0 spiro atoms. The Balaban J connectivity index is 1.23. The fourth-order valence-corrected chi connectivity index (χ4v) is 4.19. The summed E-state index contributed by atoms with van der Waals surface area (Å²) in [6, 6.07) is 8.21. The predicted molar refractivity (Wildman–Crippen MR) is 107 cm³/mol. The molecule has 0 N–H and O–H groups in total. The third-order valence-corrected chi connectivity index (χ3v) is 5.73. The molecular formula is C20H23N7O. The summed E-state index contributed by atoms with van der Waals surface area (Å²) in [5.74, 6) is 1.12. The third-order valence-electron chi connectivity index (χ3n) is 5.73. The van der Waals surface area contributed by atoms with Crippen molar-refractivity contribution in [3.8, 4) is 0 Å². The largest absolute Gasteiger partial charge is 0.353 e. The zero-order valence-electron chi connectivity index (χ0n) is 16.0. The molecule has 2 aliphatic rings. The molecule has 1 aromatic carbocycles. The zero-order chi connectivity index (χ0) is 19.1. The van der Waals surface area contributed by atoms with E-state index in [0.29, 0.717) is 6.54 Å². The summed E-state index contributed by atoms with van der Waals surface area (Å²) >= 11 is 0. The van der Waals surface area contributed by atoms with E-state index in [-0.39, 0.29) is 5.91 Å². The summed E-state index contributed by atoms with van der Waals surface area (Å²) in [5, 5.41) is 5.27. The van der Waals surface area contributed by atoms with E-state index in [1.54, 1.807) is 11.0 Å². The van der Waals surface area contributed by atoms with Crippen LogP contribution in [-0.2, 0) is 18.3 Å². The minimum Gasteiger partial charge on any atom is -0.353 e. The van der Waals surface area contributed by atoms with Gasteiger partial charge in [0, 0.05) is 45.5 Å². The minimum atomic E-state index is 0.190. The Morgan fingerprint density at radius 2 is 1.89 bits per heavy atom. The maximum absolute atomic E-state index is 12.8. The molecule has 4 heterocycles. The van der Waals surface area contributed by atoms with Crippen LogP contribution in [0.4, 0.5) is 11.5 Å². The molecule has 0 unspecified atom stereocenters. The number of amides is 1. The van der Waals surface area contributed by atoms with Crippen molar-refractivity contribution < 1.29 is 4.79 Å². The highest BCUT2D eigenvalue weighted by Gasteiger charge is 2.27. The molecule has 1 saturated heterocycles. The van der Waals surface area contributed by atoms with Crippen molar-refractivity contribution in [1.82, 2.24) is 24.6 Å². The first kappa shape index (κ1) is 17.1. The highest BCUT2D eigenvalue weighted by Crippen LogP contribution is 2.28. The van der Waals surface area contributed by atoms with E-state index in [1.807, 2.05) is 36.3 Å². The molecule has 0 radical (unpaired) electrons. The second-order valence-electron chi connectivity index (χ2n) is 7.39. The zero-order valence-corrected chi connectivity index (χ0v) is 16.0. The number of aryl methyl sites for hydroxylation is 1. The number of nitrogens with zero attached hydrogens (tertiary/aromatic N) is 7. The van der Waals surface area contributed by atoms with Gasteiger partial charge in [-0.05, 0) is 18.1 Å². The second-order valence-corrected chi connectivity index (χ2v) is 7.39. The molecule has 8 nitrogen and oxygen atoms in total. The number of hydrogen-bond donors (Lipinski definition) is 0. The lowest BCUT2D eigenvalue weighted by atomic mass is 10.2. The molecule has 0 atom stereocenters. The van der Waals surface area contributed by atoms with E-state index in [1.165, 1.54) is 5.56 Å². The molecule has 0 bridgehead atoms. The fourth-order valence-electron chi connectivity index (χ4n) is 4.19. The minimum absolute atomic E-state index is 0.190. The lowest BCUT2D eigenvalue weighted by Crippen LogP contribution is -2.50. The van der Waals surface area contributed by atoms with E-state index < -0.39 is 0 Å².